The van der Waals surface area contributed by atoms with Gasteiger partial charge in [-0.25, -0.2) is 4.68 Å². The molecule has 0 saturated heterocycles. The van der Waals surface area contributed by atoms with Crippen molar-refractivity contribution in [1.82, 2.24) is 20.4 Å². The highest BCUT2D eigenvalue weighted by molar-refractivity contribution is 5.98. The summed E-state index contributed by atoms with van der Waals surface area (Å²) in [7, 11) is 1.58. The van der Waals surface area contributed by atoms with Crippen molar-refractivity contribution in [2.24, 2.45) is 0 Å². The van der Waals surface area contributed by atoms with E-state index in [1.165, 1.54) is 6.08 Å². The number of hydrogen-bond donors (Lipinski definition) is 3. The normalized spacial score (nSPS) is 13.5. The van der Waals surface area contributed by atoms with E-state index in [4.69, 9.17) is 0 Å². The Morgan fingerprint density at radius 1 is 1.41 bits per heavy atom. The third-order valence-corrected chi connectivity index (χ3v) is 3.28. The molecule has 0 spiro atoms. The van der Waals surface area contributed by atoms with E-state index in [-0.39, 0.29) is 11.8 Å². The van der Waals surface area contributed by atoms with Crippen LogP contribution in [0.1, 0.15) is 10.4 Å². The van der Waals surface area contributed by atoms with E-state index in [0.29, 0.717) is 17.8 Å². The van der Waals surface area contributed by atoms with Crippen LogP contribution >= 0.6 is 0 Å². The Hall–Kier alpha value is -3.09. The van der Waals surface area contributed by atoms with Gasteiger partial charge < -0.3 is 16.0 Å². The molecule has 22 heavy (non-hydrogen) atoms. The number of benzene rings is 1. The van der Waals surface area contributed by atoms with E-state index in [2.05, 4.69) is 21.0 Å². The smallest absolute Gasteiger partial charge is 0.253 e. The first-order valence-electron chi connectivity index (χ1n) is 6.79. The minimum absolute atomic E-state index is 0.123. The highest BCUT2D eigenvalue weighted by atomic mass is 16.2. The number of rotatable bonds is 4. The fraction of sp³-hybridized carbons (Fsp3) is 0.133. The number of hydrogen-bond acceptors (Lipinski definition) is 4. The average molecular weight is 297 g/mol. The lowest BCUT2D eigenvalue weighted by Crippen LogP contribution is -2.20. The van der Waals surface area contributed by atoms with Crippen LogP contribution in [0.3, 0.4) is 0 Å². The molecular formula is C15H15N5O2. The van der Waals surface area contributed by atoms with Crippen molar-refractivity contribution >= 4 is 17.5 Å². The zero-order chi connectivity index (χ0) is 15.5. The van der Waals surface area contributed by atoms with E-state index in [1.54, 1.807) is 36.3 Å². The monoisotopic (exact) mass is 297 g/mol. The summed E-state index contributed by atoms with van der Waals surface area (Å²) in [5, 5.41) is 12.6. The predicted octanol–water partition coefficient (Wildman–Crippen LogP) is 0.657. The Bertz CT molecular complexity index is 749. The molecule has 3 N–H and O–H groups in total. The molecule has 3 rings (SSSR count). The average Bonchev–Trinajstić information content (AvgIpc) is 3.18. The van der Waals surface area contributed by atoms with Crippen LogP contribution in [0.15, 0.2) is 48.4 Å². The van der Waals surface area contributed by atoms with Gasteiger partial charge in [-0.2, -0.15) is 5.10 Å². The Balaban J connectivity index is 1.95. The van der Waals surface area contributed by atoms with Crippen LogP contribution in [0.2, 0.25) is 0 Å². The van der Waals surface area contributed by atoms with Crippen molar-refractivity contribution in [3.8, 4) is 5.69 Å². The molecule has 0 fully saturated rings. The standard InChI is InChI=1S/C15H15N5O2/c1-16-15(22)12-7-10(19-11-8-14(21)17-9-11)3-4-13(12)20-6-2-5-18-20/h2-8,19H,9H2,1H3,(H,16,22)(H,17,21). The van der Waals surface area contributed by atoms with Crippen molar-refractivity contribution in [2.75, 3.05) is 18.9 Å². The fourth-order valence-corrected chi connectivity index (χ4v) is 2.25. The lowest BCUT2D eigenvalue weighted by atomic mass is 10.1. The van der Waals surface area contributed by atoms with Crippen LogP contribution in [-0.2, 0) is 4.79 Å². The Kier molecular flexibility index (Phi) is 3.61. The summed E-state index contributed by atoms with van der Waals surface area (Å²) in [6.45, 7) is 0.453. The SMILES string of the molecule is CNC(=O)c1cc(NC2=CC(=O)NC2)ccc1-n1cccn1. The van der Waals surface area contributed by atoms with Crippen LogP contribution in [-0.4, -0.2) is 35.2 Å². The van der Waals surface area contributed by atoms with Gasteiger partial charge in [-0.1, -0.05) is 0 Å². The largest absolute Gasteiger partial charge is 0.357 e. The van der Waals surface area contributed by atoms with Gasteiger partial charge in [0.05, 0.1) is 17.8 Å². The summed E-state index contributed by atoms with van der Waals surface area (Å²) < 4.78 is 1.63. The number of amides is 2. The molecule has 0 radical (unpaired) electrons. The molecule has 0 saturated carbocycles. The maximum atomic E-state index is 12.1. The summed E-state index contributed by atoms with van der Waals surface area (Å²) in [6, 6.07) is 7.18. The van der Waals surface area contributed by atoms with Crippen LogP contribution in [0.5, 0.6) is 0 Å². The topological polar surface area (TPSA) is 88.0 Å². The maximum absolute atomic E-state index is 12.1. The third-order valence-electron chi connectivity index (χ3n) is 3.28. The van der Waals surface area contributed by atoms with E-state index < -0.39 is 0 Å². The van der Waals surface area contributed by atoms with Crippen molar-refractivity contribution in [3.63, 3.8) is 0 Å². The molecule has 1 aliphatic heterocycles. The van der Waals surface area contributed by atoms with Crippen molar-refractivity contribution in [3.05, 3.63) is 54.0 Å². The lowest BCUT2D eigenvalue weighted by molar-refractivity contribution is -0.115. The number of aromatic nitrogens is 2. The minimum atomic E-state index is -0.205. The van der Waals surface area contributed by atoms with Crippen LogP contribution in [0.4, 0.5) is 5.69 Å². The molecular weight excluding hydrogens is 282 g/mol. The number of carbonyl (C=O) groups is 2. The van der Waals surface area contributed by atoms with E-state index in [1.807, 2.05) is 12.1 Å². The molecule has 112 valence electrons. The van der Waals surface area contributed by atoms with Crippen molar-refractivity contribution in [2.45, 2.75) is 0 Å². The van der Waals surface area contributed by atoms with Gasteiger partial charge in [0.2, 0.25) is 5.91 Å². The first-order valence-corrected chi connectivity index (χ1v) is 6.79. The van der Waals surface area contributed by atoms with Gasteiger partial charge in [0.1, 0.15) is 0 Å². The predicted molar refractivity (Wildman–Crippen MR) is 81.7 cm³/mol. The number of nitrogens with one attached hydrogen (secondary N) is 3. The first kappa shape index (κ1) is 13.9. The molecule has 7 heteroatoms. The zero-order valence-corrected chi connectivity index (χ0v) is 12.0. The summed E-state index contributed by atoms with van der Waals surface area (Å²) in [4.78, 5) is 23.3. The fourth-order valence-electron chi connectivity index (χ4n) is 2.25. The molecule has 1 aliphatic rings. The van der Waals surface area contributed by atoms with Crippen LogP contribution < -0.4 is 16.0 Å². The quantitative estimate of drug-likeness (QED) is 0.773. The molecule has 7 nitrogen and oxygen atoms in total. The van der Waals surface area contributed by atoms with Gasteiger partial charge in [-0.05, 0) is 24.3 Å². The summed E-state index contributed by atoms with van der Waals surface area (Å²) in [6.07, 6.45) is 4.93. The molecule has 1 aromatic carbocycles. The molecule has 0 bridgehead atoms. The first-order chi connectivity index (χ1) is 10.7. The molecule has 1 aromatic heterocycles. The number of anilines is 1. The van der Waals surface area contributed by atoms with E-state index in [9.17, 15) is 9.59 Å². The Morgan fingerprint density at radius 3 is 2.91 bits per heavy atom. The Labute approximate surface area is 127 Å². The number of nitrogens with zero attached hydrogens (tertiary/aromatic N) is 2. The molecule has 0 atom stereocenters. The maximum Gasteiger partial charge on any atom is 0.253 e. The molecule has 2 heterocycles. The van der Waals surface area contributed by atoms with E-state index >= 15 is 0 Å². The van der Waals surface area contributed by atoms with Gasteiger partial charge in [-0.15, -0.1) is 0 Å². The summed E-state index contributed by atoms with van der Waals surface area (Å²) >= 11 is 0. The third kappa shape index (κ3) is 2.69. The van der Waals surface area contributed by atoms with Gasteiger partial charge >= 0.3 is 0 Å². The number of carbonyl (C=O) groups excluding carboxylic acids is 2. The van der Waals surface area contributed by atoms with Gasteiger partial charge in [0.15, 0.2) is 0 Å². The van der Waals surface area contributed by atoms with Gasteiger partial charge in [0, 0.05) is 36.9 Å². The second-order valence-corrected chi connectivity index (χ2v) is 4.77. The highest BCUT2D eigenvalue weighted by Gasteiger charge is 2.15. The zero-order valence-electron chi connectivity index (χ0n) is 12.0. The van der Waals surface area contributed by atoms with Crippen molar-refractivity contribution < 1.29 is 9.59 Å². The molecule has 0 aliphatic carbocycles. The second kappa shape index (κ2) is 5.72. The van der Waals surface area contributed by atoms with Crippen LogP contribution in [0.25, 0.3) is 5.69 Å². The summed E-state index contributed by atoms with van der Waals surface area (Å²) in [5.74, 6) is -0.328. The van der Waals surface area contributed by atoms with Crippen LogP contribution in [0, 0.1) is 0 Å². The lowest BCUT2D eigenvalue weighted by Gasteiger charge is -2.12. The van der Waals surface area contributed by atoms with Gasteiger partial charge in [-0.3, -0.25) is 9.59 Å². The highest BCUT2D eigenvalue weighted by Crippen LogP contribution is 2.21. The molecule has 2 aromatic rings. The second-order valence-electron chi connectivity index (χ2n) is 4.77. The Morgan fingerprint density at radius 2 is 2.27 bits per heavy atom. The van der Waals surface area contributed by atoms with Gasteiger partial charge in [0.25, 0.3) is 5.91 Å². The summed E-state index contributed by atoms with van der Waals surface area (Å²) in [5.41, 5.74) is 2.68. The van der Waals surface area contributed by atoms with Crippen molar-refractivity contribution in [1.29, 1.82) is 0 Å². The molecule has 2 amide bonds. The molecule has 0 unspecified atom stereocenters. The minimum Gasteiger partial charge on any atom is -0.357 e. The van der Waals surface area contributed by atoms with E-state index in [0.717, 1.165) is 11.4 Å².